The number of hydrogen-bond acceptors (Lipinski definition) is 1. The second kappa shape index (κ2) is 7.26. The first-order chi connectivity index (χ1) is 10.5. The first-order valence-corrected chi connectivity index (χ1v) is 7.90. The summed E-state index contributed by atoms with van der Waals surface area (Å²) >= 11 is 0. The van der Waals surface area contributed by atoms with Crippen LogP contribution in [0.1, 0.15) is 53.4 Å². The first-order valence-electron chi connectivity index (χ1n) is 7.90. The van der Waals surface area contributed by atoms with Crippen LogP contribution in [-0.4, -0.2) is 5.91 Å². The van der Waals surface area contributed by atoms with Gasteiger partial charge in [-0.3, -0.25) is 4.79 Å². The van der Waals surface area contributed by atoms with E-state index in [-0.39, 0.29) is 11.9 Å². The van der Waals surface area contributed by atoms with Gasteiger partial charge in [0.2, 0.25) is 0 Å². The van der Waals surface area contributed by atoms with Crippen LogP contribution in [-0.2, 0) is 0 Å². The van der Waals surface area contributed by atoms with E-state index in [1.54, 1.807) is 0 Å². The van der Waals surface area contributed by atoms with Crippen molar-refractivity contribution in [1.82, 2.24) is 5.32 Å². The molecule has 0 saturated carbocycles. The van der Waals surface area contributed by atoms with E-state index in [1.165, 1.54) is 5.56 Å². The third kappa shape index (κ3) is 4.20. The molecule has 2 nitrogen and oxygen atoms in total. The van der Waals surface area contributed by atoms with Crippen molar-refractivity contribution in [3.63, 3.8) is 0 Å². The Bertz CT molecular complexity index is 631. The fourth-order valence-corrected chi connectivity index (χ4v) is 2.56. The molecule has 0 unspecified atom stereocenters. The van der Waals surface area contributed by atoms with Gasteiger partial charge in [-0.15, -0.1) is 0 Å². The first kappa shape index (κ1) is 16.3. The van der Waals surface area contributed by atoms with E-state index < -0.39 is 0 Å². The lowest BCUT2D eigenvalue weighted by atomic mass is 9.96. The number of nitrogens with one attached hydrogen (secondary N) is 1. The normalized spacial score (nSPS) is 12.2. The van der Waals surface area contributed by atoms with E-state index in [9.17, 15) is 4.79 Å². The molecule has 0 aliphatic rings. The topological polar surface area (TPSA) is 29.1 Å². The molecule has 0 fully saturated rings. The van der Waals surface area contributed by atoms with Gasteiger partial charge in [-0.25, -0.2) is 0 Å². The minimum atomic E-state index is -0.00222. The van der Waals surface area contributed by atoms with E-state index in [2.05, 4.69) is 38.2 Å². The SMILES string of the molecule is Cc1ccc(C(=O)N[C@H](CC(C)C)c2ccccc2)cc1C. The predicted molar refractivity (Wildman–Crippen MR) is 92.0 cm³/mol. The summed E-state index contributed by atoms with van der Waals surface area (Å²) in [5.74, 6) is 0.517. The Kier molecular flexibility index (Phi) is 5.37. The van der Waals surface area contributed by atoms with Gasteiger partial charge in [0.15, 0.2) is 0 Å². The maximum atomic E-state index is 12.6. The van der Waals surface area contributed by atoms with Gasteiger partial charge in [-0.05, 0) is 55.0 Å². The minimum Gasteiger partial charge on any atom is -0.345 e. The summed E-state index contributed by atoms with van der Waals surface area (Å²) in [7, 11) is 0. The van der Waals surface area contributed by atoms with E-state index in [1.807, 2.05) is 43.3 Å². The summed E-state index contributed by atoms with van der Waals surface area (Å²) in [6.45, 7) is 8.45. The van der Waals surface area contributed by atoms with Gasteiger partial charge >= 0.3 is 0 Å². The van der Waals surface area contributed by atoms with Crippen LogP contribution < -0.4 is 5.32 Å². The smallest absolute Gasteiger partial charge is 0.251 e. The van der Waals surface area contributed by atoms with Gasteiger partial charge in [-0.2, -0.15) is 0 Å². The lowest BCUT2D eigenvalue weighted by molar-refractivity contribution is 0.0932. The molecule has 1 atom stereocenters. The highest BCUT2D eigenvalue weighted by molar-refractivity contribution is 5.94. The van der Waals surface area contributed by atoms with Crippen LogP contribution in [0.4, 0.5) is 0 Å². The zero-order valence-corrected chi connectivity index (χ0v) is 13.9. The highest BCUT2D eigenvalue weighted by Gasteiger charge is 2.17. The molecule has 116 valence electrons. The van der Waals surface area contributed by atoms with E-state index in [4.69, 9.17) is 0 Å². The van der Waals surface area contributed by atoms with Crippen molar-refractivity contribution in [1.29, 1.82) is 0 Å². The van der Waals surface area contributed by atoms with Crippen LogP contribution >= 0.6 is 0 Å². The maximum absolute atomic E-state index is 12.6. The summed E-state index contributed by atoms with van der Waals surface area (Å²) < 4.78 is 0. The predicted octanol–water partition coefficient (Wildman–Crippen LogP) is 4.82. The average Bonchev–Trinajstić information content (AvgIpc) is 2.49. The molecular formula is C20H25NO. The molecule has 0 aliphatic heterocycles. The number of amides is 1. The monoisotopic (exact) mass is 295 g/mol. The van der Waals surface area contributed by atoms with Crippen LogP contribution in [0.2, 0.25) is 0 Å². The van der Waals surface area contributed by atoms with Crippen LogP contribution in [0.15, 0.2) is 48.5 Å². The van der Waals surface area contributed by atoms with Gasteiger partial charge in [-0.1, -0.05) is 50.2 Å². The highest BCUT2D eigenvalue weighted by Crippen LogP contribution is 2.22. The second-order valence-electron chi connectivity index (χ2n) is 6.37. The Morgan fingerprint density at radius 2 is 1.68 bits per heavy atom. The maximum Gasteiger partial charge on any atom is 0.251 e. The molecular weight excluding hydrogens is 270 g/mol. The lowest BCUT2D eigenvalue weighted by Gasteiger charge is -2.21. The van der Waals surface area contributed by atoms with Crippen LogP contribution in [0, 0.1) is 19.8 Å². The van der Waals surface area contributed by atoms with Gasteiger partial charge in [0, 0.05) is 5.56 Å². The average molecular weight is 295 g/mol. The number of benzene rings is 2. The molecule has 2 heteroatoms. The largest absolute Gasteiger partial charge is 0.345 e. The van der Waals surface area contributed by atoms with E-state index >= 15 is 0 Å². The van der Waals surface area contributed by atoms with E-state index in [0.717, 1.165) is 23.1 Å². The molecule has 0 aliphatic carbocycles. The van der Waals surface area contributed by atoms with Gasteiger partial charge in [0.05, 0.1) is 6.04 Å². The standard InChI is InChI=1S/C20H25NO/c1-14(2)12-19(17-8-6-5-7-9-17)21-20(22)18-11-10-15(3)16(4)13-18/h5-11,13-14,19H,12H2,1-4H3,(H,21,22)/t19-/m1/s1. The molecule has 2 aromatic rings. The fourth-order valence-electron chi connectivity index (χ4n) is 2.56. The van der Waals surface area contributed by atoms with Crippen molar-refractivity contribution < 1.29 is 4.79 Å². The van der Waals surface area contributed by atoms with Crippen LogP contribution in [0.25, 0.3) is 0 Å². The molecule has 0 saturated heterocycles. The summed E-state index contributed by atoms with van der Waals surface area (Å²) in [6, 6.07) is 16.1. The Labute approximate surface area is 133 Å². The Hall–Kier alpha value is -2.09. The molecule has 0 aromatic heterocycles. The van der Waals surface area contributed by atoms with Crippen molar-refractivity contribution in [3.8, 4) is 0 Å². The Balaban J connectivity index is 2.19. The van der Waals surface area contributed by atoms with Crippen molar-refractivity contribution in [3.05, 3.63) is 70.8 Å². The molecule has 1 amide bonds. The van der Waals surface area contributed by atoms with Gasteiger partial charge < -0.3 is 5.32 Å². The highest BCUT2D eigenvalue weighted by atomic mass is 16.1. The van der Waals surface area contributed by atoms with E-state index in [0.29, 0.717) is 5.92 Å². The Morgan fingerprint density at radius 3 is 2.27 bits per heavy atom. The summed E-state index contributed by atoms with van der Waals surface area (Å²) in [4.78, 5) is 12.6. The minimum absolute atomic E-state index is 0.00222. The number of carbonyl (C=O) groups excluding carboxylic acids is 1. The van der Waals surface area contributed by atoms with Crippen molar-refractivity contribution >= 4 is 5.91 Å². The summed E-state index contributed by atoms with van der Waals surface area (Å²) in [5.41, 5.74) is 4.24. The summed E-state index contributed by atoms with van der Waals surface area (Å²) in [5, 5.41) is 3.19. The molecule has 2 aromatic carbocycles. The quantitative estimate of drug-likeness (QED) is 0.841. The van der Waals surface area contributed by atoms with Crippen molar-refractivity contribution in [2.75, 3.05) is 0 Å². The summed E-state index contributed by atoms with van der Waals surface area (Å²) in [6.07, 6.45) is 0.931. The number of rotatable bonds is 5. The van der Waals surface area contributed by atoms with Crippen LogP contribution in [0.3, 0.4) is 0 Å². The van der Waals surface area contributed by atoms with Crippen molar-refractivity contribution in [2.45, 2.75) is 40.2 Å². The molecule has 0 spiro atoms. The van der Waals surface area contributed by atoms with Crippen molar-refractivity contribution in [2.24, 2.45) is 5.92 Å². The molecule has 0 radical (unpaired) electrons. The zero-order valence-electron chi connectivity index (χ0n) is 13.9. The zero-order chi connectivity index (χ0) is 16.1. The number of aryl methyl sites for hydroxylation is 2. The Morgan fingerprint density at radius 1 is 1.00 bits per heavy atom. The second-order valence-corrected chi connectivity index (χ2v) is 6.37. The number of carbonyl (C=O) groups is 1. The van der Waals surface area contributed by atoms with Gasteiger partial charge in [0.1, 0.15) is 0 Å². The molecule has 1 N–H and O–H groups in total. The molecule has 2 rings (SSSR count). The van der Waals surface area contributed by atoms with Gasteiger partial charge in [0.25, 0.3) is 5.91 Å². The molecule has 22 heavy (non-hydrogen) atoms. The molecule has 0 heterocycles. The third-order valence-electron chi connectivity index (χ3n) is 3.98. The number of hydrogen-bond donors (Lipinski definition) is 1. The molecule has 0 bridgehead atoms. The lowest BCUT2D eigenvalue weighted by Crippen LogP contribution is -2.29. The third-order valence-corrected chi connectivity index (χ3v) is 3.98. The fraction of sp³-hybridized carbons (Fsp3) is 0.350. The van der Waals surface area contributed by atoms with Crippen LogP contribution in [0.5, 0.6) is 0 Å².